The van der Waals surface area contributed by atoms with Gasteiger partial charge in [0.2, 0.25) is 0 Å². The van der Waals surface area contributed by atoms with Gasteiger partial charge >= 0.3 is 0 Å². The molecular weight excluding hydrogens is 667 g/mol. The minimum Gasteiger partial charge on any atom is -0.456 e. The maximum absolute atomic E-state index is 6.27. The molecule has 0 atom stereocenters. The molecule has 1 aromatic heterocycles. The Morgan fingerprint density at radius 2 is 0.982 bits per heavy atom. The Balaban J connectivity index is 1.03. The summed E-state index contributed by atoms with van der Waals surface area (Å²) in [6, 6.07) is 68.6. The third-order valence-electron chi connectivity index (χ3n) is 11.8. The van der Waals surface area contributed by atoms with Gasteiger partial charge in [0, 0.05) is 33.1 Å². The van der Waals surface area contributed by atoms with Crippen LogP contribution in [0.4, 0.5) is 17.1 Å². The van der Waals surface area contributed by atoms with E-state index in [1.807, 2.05) is 12.1 Å². The van der Waals surface area contributed by atoms with E-state index >= 15 is 0 Å². The normalized spacial score (nSPS) is 13.1. The van der Waals surface area contributed by atoms with Gasteiger partial charge in [0.15, 0.2) is 0 Å². The van der Waals surface area contributed by atoms with Crippen molar-refractivity contribution in [2.45, 2.75) is 19.3 Å². The molecule has 0 spiro atoms. The number of nitrogens with zero attached hydrogens (tertiary/aromatic N) is 1. The number of hydrogen-bond acceptors (Lipinski definition) is 2. The highest BCUT2D eigenvalue weighted by molar-refractivity contribution is 6.07. The Hall–Kier alpha value is -6.90. The molecule has 1 aliphatic carbocycles. The monoisotopic (exact) mass is 703 g/mol. The van der Waals surface area contributed by atoms with Crippen LogP contribution in [0.25, 0.3) is 76.9 Å². The highest BCUT2D eigenvalue weighted by atomic mass is 16.3. The predicted octanol–water partition coefficient (Wildman–Crippen LogP) is 15.0. The lowest BCUT2D eigenvalue weighted by Gasteiger charge is -2.29. The quantitative estimate of drug-likeness (QED) is 0.177. The Bertz CT molecular complexity index is 3130. The summed E-state index contributed by atoms with van der Waals surface area (Å²) in [5, 5.41) is 7.23. The zero-order valence-corrected chi connectivity index (χ0v) is 30.8. The van der Waals surface area contributed by atoms with E-state index < -0.39 is 0 Å². The minimum atomic E-state index is -0.105. The van der Waals surface area contributed by atoms with Crippen molar-refractivity contribution in [3.05, 3.63) is 199 Å². The molecule has 0 bridgehead atoms. The first-order valence-electron chi connectivity index (χ1n) is 19.1. The fourth-order valence-electron chi connectivity index (χ4n) is 8.98. The highest BCUT2D eigenvalue weighted by Gasteiger charge is 2.37. The predicted molar refractivity (Wildman–Crippen MR) is 232 cm³/mol. The topological polar surface area (TPSA) is 16.4 Å². The molecule has 0 unspecified atom stereocenters. The van der Waals surface area contributed by atoms with Gasteiger partial charge in [-0.1, -0.05) is 141 Å². The first kappa shape index (κ1) is 31.6. The van der Waals surface area contributed by atoms with Crippen LogP contribution in [-0.2, 0) is 5.41 Å². The van der Waals surface area contributed by atoms with Crippen LogP contribution in [-0.4, -0.2) is 0 Å². The van der Waals surface area contributed by atoms with Gasteiger partial charge in [-0.2, -0.15) is 0 Å². The summed E-state index contributed by atoms with van der Waals surface area (Å²) in [6.07, 6.45) is 0. The number of hydrogen-bond donors (Lipinski definition) is 0. The maximum Gasteiger partial charge on any atom is 0.135 e. The van der Waals surface area contributed by atoms with Crippen LogP contribution in [0.5, 0.6) is 0 Å². The zero-order chi connectivity index (χ0) is 36.7. The number of para-hydroxylation sites is 1. The molecule has 11 rings (SSSR count). The van der Waals surface area contributed by atoms with E-state index in [9.17, 15) is 0 Å². The van der Waals surface area contributed by atoms with Crippen molar-refractivity contribution >= 4 is 60.5 Å². The standard InChI is InChI=1S/C53H37NO/c1-53(2)47-14-7-5-13-45(47)52-48(53)15-9-16-49(52)54(43-28-29-51-46(33-43)44-12-6-8-17-50(44)55-51)42-26-24-35(25-27-42)38-21-19-36-20-23-40(32-41(36)31-38)39-22-18-34-10-3-4-11-37(34)30-39/h3-33H,1-2H3. The van der Waals surface area contributed by atoms with E-state index in [1.54, 1.807) is 0 Å². The molecule has 1 heterocycles. The Labute approximate surface area is 320 Å². The molecule has 1 aliphatic rings. The number of anilines is 3. The van der Waals surface area contributed by atoms with Crippen LogP contribution in [0.3, 0.4) is 0 Å². The second kappa shape index (κ2) is 12.1. The number of fused-ring (bicyclic) bond motifs is 8. The van der Waals surface area contributed by atoms with Crippen molar-refractivity contribution < 1.29 is 4.42 Å². The maximum atomic E-state index is 6.27. The number of benzene rings is 9. The number of rotatable bonds is 5. The average Bonchev–Trinajstić information content (AvgIpc) is 3.72. The summed E-state index contributed by atoms with van der Waals surface area (Å²) in [6.45, 7) is 4.69. The molecule has 2 nitrogen and oxygen atoms in total. The van der Waals surface area contributed by atoms with E-state index in [1.165, 1.54) is 71.7 Å². The number of furan rings is 1. The zero-order valence-electron chi connectivity index (χ0n) is 30.8. The molecule has 0 aliphatic heterocycles. The smallest absolute Gasteiger partial charge is 0.135 e. The average molecular weight is 704 g/mol. The molecule has 0 saturated carbocycles. The van der Waals surface area contributed by atoms with Gasteiger partial charge in [-0.3, -0.25) is 0 Å². The molecule has 9 aromatic carbocycles. The van der Waals surface area contributed by atoms with Crippen molar-refractivity contribution in [3.8, 4) is 33.4 Å². The Kier molecular flexibility index (Phi) is 6.93. The van der Waals surface area contributed by atoms with Gasteiger partial charge in [0.1, 0.15) is 11.2 Å². The van der Waals surface area contributed by atoms with Crippen LogP contribution >= 0.6 is 0 Å². The molecule has 0 saturated heterocycles. The van der Waals surface area contributed by atoms with Gasteiger partial charge in [0.25, 0.3) is 0 Å². The summed E-state index contributed by atoms with van der Waals surface area (Å²) < 4.78 is 6.27. The summed E-state index contributed by atoms with van der Waals surface area (Å²) in [5.74, 6) is 0. The lowest BCUT2D eigenvalue weighted by atomic mass is 9.82. The molecule has 0 fully saturated rings. The molecule has 0 N–H and O–H groups in total. The summed E-state index contributed by atoms with van der Waals surface area (Å²) in [5.41, 5.74) is 15.2. The summed E-state index contributed by atoms with van der Waals surface area (Å²) >= 11 is 0. The van der Waals surface area contributed by atoms with Crippen molar-refractivity contribution in [1.29, 1.82) is 0 Å². The van der Waals surface area contributed by atoms with Gasteiger partial charge in [-0.25, -0.2) is 0 Å². The third-order valence-corrected chi connectivity index (χ3v) is 11.8. The molecule has 0 radical (unpaired) electrons. The molecule has 0 amide bonds. The van der Waals surface area contributed by atoms with Gasteiger partial charge in [-0.15, -0.1) is 0 Å². The van der Waals surface area contributed by atoms with E-state index in [-0.39, 0.29) is 5.41 Å². The van der Waals surface area contributed by atoms with Gasteiger partial charge < -0.3 is 9.32 Å². The van der Waals surface area contributed by atoms with Crippen molar-refractivity contribution in [2.24, 2.45) is 0 Å². The molecule has 260 valence electrons. The highest BCUT2D eigenvalue weighted by Crippen LogP contribution is 2.54. The molecule has 10 aromatic rings. The van der Waals surface area contributed by atoms with E-state index in [2.05, 4.69) is 195 Å². The van der Waals surface area contributed by atoms with Crippen LogP contribution in [0, 0.1) is 0 Å². The minimum absolute atomic E-state index is 0.105. The molecular formula is C53H37NO. The van der Waals surface area contributed by atoms with Gasteiger partial charge in [0.05, 0.1) is 5.69 Å². The van der Waals surface area contributed by atoms with E-state index in [0.29, 0.717) is 0 Å². The van der Waals surface area contributed by atoms with Crippen molar-refractivity contribution in [2.75, 3.05) is 4.90 Å². The summed E-state index contributed by atoms with van der Waals surface area (Å²) in [4.78, 5) is 2.43. The summed E-state index contributed by atoms with van der Waals surface area (Å²) in [7, 11) is 0. The molecule has 55 heavy (non-hydrogen) atoms. The Morgan fingerprint density at radius 1 is 0.400 bits per heavy atom. The first-order chi connectivity index (χ1) is 27.0. The second-order valence-corrected chi connectivity index (χ2v) is 15.4. The Morgan fingerprint density at radius 3 is 1.78 bits per heavy atom. The SMILES string of the molecule is CC1(C)c2ccccc2-c2c(N(c3ccc(-c4ccc5ccc(-c6ccc7ccccc7c6)cc5c4)cc3)c3ccc4oc5ccccc5c4c3)cccc21. The van der Waals surface area contributed by atoms with E-state index in [4.69, 9.17) is 4.42 Å². The fourth-order valence-corrected chi connectivity index (χ4v) is 8.98. The van der Waals surface area contributed by atoms with E-state index in [0.717, 1.165) is 33.3 Å². The largest absolute Gasteiger partial charge is 0.456 e. The molecule has 2 heteroatoms. The fraction of sp³-hybridized carbons (Fsp3) is 0.0566. The lowest BCUT2D eigenvalue weighted by Crippen LogP contribution is -2.16. The third kappa shape index (κ3) is 5.02. The second-order valence-electron chi connectivity index (χ2n) is 15.4. The van der Waals surface area contributed by atoms with Crippen molar-refractivity contribution in [1.82, 2.24) is 0 Å². The van der Waals surface area contributed by atoms with Crippen LogP contribution < -0.4 is 4.90 Å². The lowest BCUT2D eigenvalue weighted by molar-refractivity contribution is 0.660. The van der Waals surface area contributed by atoms with Crippen molar-refractivity contribution in [3.63, 3.8) is 0 Å². The van der Waals surface area contributed by atoms with Gasteiger partial charge in [-0.05, 0) is 121 Å². The first-order valence-corrected chi connectivity index (χ1v) is 19.1. The van der Waals surface area contributed by atoms with Crippen LogP contribution in [0.2, 0.25) is 0 Å². The van der Waals surface area contributed by atoms with Crippen LogP contribution in [0.1, 0.15) is 25.0 Å². The van der Waals surface area contributed by atoms with Crippen LogP contribution in [0.15, 0.2) is 192 Å².